The van der Waals surface area contributed by atoms with Gasteiger partial charge >= 0.3 is 0 Å². The predicted molar refractivity (Wildman–Crippen MR) is 120 cm³/mol. The predicted octanol–water partition coefficient (Wildman–Crippen LogP) is 2.61. The minimum Gasteiger partial charge on any atom is -0.318 e. The number of halogens is 1. The lowest BCUT2D eigenvalue weighted by Gasteiger charge is -2.24. The fourth-order valence-corrected chi connectivity index (χ4v) is 3.73. The van der Waals surface area contributed by atoms with E-state index in [1.807, 2.05) is 66.4 Å². The van der Waals surface area contributed by atoms with E-state index in [4.69, 9.17) is 21.7 Å². The van der Waals surface area contributed by atoms with E-state index in [-0.39, 0.29) is 11.9 Å². The van der Waals surface area contributed by atoms with Gasteiger partial charge in [0.05, 0.1) is 31.5 Å². The standard InChI is InChI=1S/C22H23ClN6O/c1-15(16-6-4-3-5-7-16)26-22(24-2)29-13-19(28-14-25-12-20(28)30)21(27-29)17-8-10-18(23)11-9-17/h3-11,19,25H,12-14H2,1-2H3/b24-22?,26-15+. The van der Waals surface area contributed by atoms with Gasteiger partial charge in [0.25, 0.3) is 0 Å². The van der Waals surface area contributed by atoms with E-state index in [9.17, 15) is 4.79 Å². The van der Waals surface area contributed by atoms with Crippen molar-refractivity contribution in [2.45, 2.75) is 13.0 Å². The minimum absolute atomic E-state index is 0.0578. The van der Waals surface area contributed by atoms with E-state index in [0.29, 0.717) is 30.7 Å². The van der Waals surface area contributed by atoms with Crippen LogP contribution in [0.4, 0.5) is 0 Å². The van der Waals surface area contributed by atoms with Gasteiger partial charge in [0.2, 0.25) is 11.9 Å². The molecule has 2 aromatic carbocycles. The maximum Gasteiger partial charge on any atom is 0.241 e. The maximum absolute atomic E-state index is 12.4. The summed E-state index contributed by atoms with van der Waals surface area (Å²) in [6.07, 6.45) is 0. The zero-order valence-electron chi connectivity index (χ0n) is 16.9. The average molecular weight is 423 g/mol. The highest BCUT2D eigenvalue weighted by molar-refractivity contribution is 6.30. The third kappa shape index (κ3) is 4.13. The van der Waals surface area contributed by atoms with Gasteiger partial charge < -0.3 is 4.90 Å². The van der Waals surface area contributed by atoms with Gasteiger partial charge in [-0.05, 0) is 24.6 Å². The molecule has 1 fully saturated rings. The summed E-state index contributed by atoms with van der Waals surface area (Å²) in [6.45, 7) is 3.27. The van der Waals surface area contributed by atoms with Crippen LogP contribution in [0.15, 0.2) is 69.7 Å². The van der Waals surface area contributed by atoms with Crippen molar-refractivity contribution in [1.29, 1.82) is 0 Å². The lowest BCUT2D eigenvalue weighted by atomic mass is 10.0. The number of amides is 1. The lowest BCUT2D eigenvalue weighted by Crippen LogP contribution is -2.45. The Kier molecular flexibility index (Phi) is 5.92. The molecule has 0 bridgehead atoms. The molecule has 0 aliphatic carbocycles. The molecule has 4 rings (SSSR count). The Bertz CT molecular complexity index is 1020. The first-order valence-electron chi connectivity index (χ1n) is 9.76. The van der Waals surface area contributed by atoms with Crippen molar-refractivity contribution in [2.75, 3.05) is 26.8 Å². The molecule has 0 aromatic heterocycles. The quantitative estimate of drug-likeness (QED) is 0.610. The van der Waals surface area contributed by atoms with Crippen LogP contribution in [0.25, 0.3) is 0 Å². The molecule has 1 N–H and O–H groups in total. The molecule has 2 heterocycles. The molecule has 30 heavy (non-hydrogen) atoms. The normalized spacial score (nSPS) is 20.2. The Morgan fingerprint density at radius 2 is 1.90 bits per heavy atom. The topological polar surface area (TPSA) is 72.7 Å². The van der Waals surface area contributed by atoms with Crippen LogP contribution in [0.3, 0.4) is 0 Å². The molecule has 1 saturated heterocycles. The van der Waals surface area contributed by atoms with Crippen molar-refractivity contribution in [3.05, 3.63) is 70.7 Å². The van der Waals surface area contributed by atoms with Crippen molar-refractivity contribution in [1.82, 2.24) is 15.2 Å². The van der Waals surface area contributed by atoms with Crippen LogP contribution in [0, 0.1) is 0 Å². The number of guanidine groups is 1. The van der Waals surface area contributed by atoms with Gasteiger partial charge in [0.1, 0.15) is 0 Å². The lowest BCUT2D eigenvalue weighted by molar-refractivity contribution is -0.127. The molecule has 0 saturated carbocycles. The summed E-state index contributed by atoms with van der Waals surface area (Å²) in [5.41, 5.74) is 3.60. The van der Waals surface area contributed by atoms with Crippen LogP contribution in [0.5, 0.6) is 0 Å². The number of hydrogen-bond donors (Lipinski definition) is 1. The second kappa shape index (κ2) is 8.77. The molecule has 2 aliphatic rings. The van der Waals surface area contributed by atoms with Gasteiger partial charge in [-0.3, -0.25) is 15.1 Å². The SMILES string of the molecule is CN=C(/N=C(\C)c1ccccc1)N1CC(N2CNCC2=O)C(c2ccc(Cl)cc2)=N1. The highest BCUT2D eigenvalue weighted by atomic mass is 35.5. The summed E-state index contributed by atoms with van der Waals surface area (Å²) in [6, 6.07) is 17.3. The Labute approximate surface area is 180 Å². The van der Waals surface area contributed by atoms with E-state index in [1.165, 1.54) is 0 Å². The first kappa shape index (κ1) is 20.3. The Hall–Kier alpha value is -3.03. The fraction of sp³-hybridized carbons (Fsp3) is 0.273. The molecular formula is C22H23ClN6O. The average Bonchev–Trinajstić information content (AvgIpc) is 3.39. The minimum atomic E-state index is -0.197. The number of hydrogen-bond acceptors (Lipinski definition) is 4. The largest absolute Gasteiger partial charge is 0.318 e. The summed E-state index contributed by atoms with van der Waals surface area (Å²) in [7, 11) is 1.70. The van der Waals surface area contributed by atoms with E-state index in [2.05, 4.69) is 10.3 Å². The van der Waals surface area contributed by atoms with Crippen LogP contribution in [0.2, 0.25) is 5.02 Å². The number of nitrogens with one attached hydrogen (secondary N) is 1. The Balaban J connectivity index is 1.67. The Morgan fingerprint density at radius 1 is 1.17 bits per heavy atom. The molecule has 154 valence electrons. The van der Waals surface area contributed by atoms with Crippen LogP contribution in [0.1, 0.15) is 18.1 Å². The first-order chi connectivity index (χ1) is 14.6. The molecule has 1 atom stereocenters. The van der Waals surface area contributed by atoms with E-state index < -0.39 is 0 Å². The molecule has 8 heteroatoms. The van der Waals surface area contributed by atoms with Gasteiger partial charge in [0, 0.05) is 23.3 Å². The summed E-state index contributed by atoms with van der Waals surface area (Å²) >= 11 is 6.06. The van der Waals surface area contributed by atoms with Crippen molar-refractivity contribution < 1.29 is 4.79 Å². The van der Waals surface area contributed by atoms with Gasteiger partial charge in [-0.2, -0.15) is 5.10 Å². The molecular weight excluding hydrogens is 400 g/mol. The molecule has 2 aliphatic heterocycles. The number of aliphatic imine (C=N–C) groups is 2. The van der Waals surface area contributed by atoms with Gasteiger partial charge in [-0.1, -0.05) is 54.1 Å². The van der Waals surface area contributed by atoms with Gasteiger partial charge in [0.15, 0.2) is 0 Å². The number of hydrazone groups is 1. The highest BCUT2D eigenvalue weighted by Crippen LogP contribution is 2.22. The zero-order valence-corrected chi connectivity index (χ0v) is 17.7. The van der Waals surface area contributed by atoms with Crippen LogP contribution in [-0.2, 0) is 4.79 Å². The monoisotopic (exact) mass is 422 g/mol. The maximum atomic E-state index is 12.4. The number of benzene rings is 2. The first-order valence-corrected chi connectivity index (χ1v) is 10.1. The molecule has 1 unspecified atom stereocenters. The van der Waals surface area contributed by atoms with Gasteiger partial charge in [-0.25, -0.2) is 10.0 Å². The van der Waals surface area contributed by atoms with Crippen molar-refractivity contribution >= 4 is 34.9 Å². The second-order valence-corrected chi connectivity index (χ2v) is 7.56. The van der Waals surface area contributed by atoms with Crippen LogP contribution >= 0.6 is 11.6 Å². The summed E-state index contributed by atoms with van der Waals surface area (Å²) in [4.78, 5) is 23.3. The molecule has 2 aromatic rings. The molecule has 0 radical (unpaired) electrons. The summed E-state index contributed by atoms with van der Waals surface area (Å²) in [5, 5.41) is 10.4. The van der Waals surface area contributed by atoms with Crippen molar-refractivity contribution in [2.24, 2.45) is 15.1 Å². The third-order valence-corrected chi connectivity index (χ3v) is 5.43. The van der Waals surface area contributed by atoms with E-state index in [1.54, 1.807) is 12.1 Å². The molecule has 1 amide bonds. The summed E-state index contributed by atoms with van der Waals surface area (Å²) < 4.78 is 0. The van der Waals surface area contributed by atoms with Crippen molar-refractivity contribution in [3.63, 3.8) is 0 Å². The summed E-state index contributed by atoms with van der Waals surface area (Å²) in [5.74, 6) is 0.562. The molecule has 7 nitrogen and oxygen atoms in total. The second-order valence-electron chi connectivity index (χ2n) is 7.13. The van der Waals surface area contributed by atoms with E-state index in [0.717, 1.165) is 22.6 Å². The third-order valence-electron chi connectivity index (χ3n) is 5.18. The fourth-order valence-electron chi connectivity index (χ4n) is 3.61. The number of carbonyl (C=O) groups excluding carboxylic acids is 1. The van der Waals surface area contributed by atoms with Crippen LogP contribution in [-0.4, -0.2) is 66.0 Å². The highest BCUT2D eigenvalue weighted by Gasteiger charge is 2.38. The molecule has 0 spiro atoms. The number of carbonyl (C=O) groups is 1. The zero-order chi connectivity index (χ0) is 21.1. The van der Waals surface area contributed by atoms with Crippen molar-refractivity contribution in [3.8, 4) is 0 Å². The number of rotatable bonds is 3. The van der Waals surface area contributed by atoms with Gasteiger partial charge in [-0.15, -0.1) is 0 Å². The van der Waals surface area contributed by atoms with E-state index >= 15 is 0 Å². The smallest absolute Gasteiger partial charge is 0.241 e. The number of nitrogens with zero attached hydrogens (tertiary/aromatic N) is 5. The van der Waals surface area contributed by atoms with Crippen LogP contribution < -0.4 is 5.32 Å². The Morgan fingerprint density at radius 3 is 2.53 bits per heavy atom.